The summed E-state index contributed by atoms with van der Waals surface area (Å²) in [5, 5.41) is 0.291. The number of halogens is 1. The lowest BCUT2D eigenvalue weighted by atomic mass is 10.1. The van der Waals surface area contributed by atoms with Crippen LogP contribution in [0.25, 0.3) is 0 Å². The Balaban J connectivity index is 3.07. The van der Waals surface area contributed by atoms with Gasteiger partial charge in [-0.1, -0.05) is 11.6 Å². The molecule has 0 aliphatic carbocycles. The molecule has 5 heteroatoms. The van der Waals surface area contributed by atoms with Gasteiger partial charge >= 0.3 is 5.97 Å². The van der Waals surface area contributed by atoms with Crippen LogP contribution in [0.5, 0.6) is 5.75 Å². The molecule has 1 aromatic rings. The minimum absolute atomic E-state index is 0.284. The molecule has 0 unspecified atom stereocenters. The number of hydrogen-bond donors (Lipinski definition) is 1. The van der Waals surface area contributed by atoms with Gasteiger partial charge in [0.15, 0.2) is 0 Å². The molecule has 0 saturated heterocycles. The average molecular weight is 258 g/mol. The van der Waals surface area contributed by atoms with Crippen LogP contribution in [0.1, 0.15) is 31.1 Å². The number of carbonyl (C=O) groups is 1. The second-order valence-corrected chi connectivity index (χ2v) is 4.96. The molecule has 0 fully saturated rings. The molecule has 1 rings (SSSR count). The number of nitrogen functional groups attached to an aromatic ring is 1. The fourth-order valence-corrected chi connectivity index (χ4v) is 1.41. The standard InChI is InChI=1S/C12H16ClNO3/c1-12(2,3)17-11(15)7-5-8(14)10(13)9(6-7)16-4/h5-6H,14H2,1-4H3. The molecule has 0 radical (unpaired) electrons. The van der Waals surface area contributed by atoms with E-state index in [0.29, 0.717) is 16.3 Å². The molecule has 0 spiro atoms. The number of rotatable bonds is 2. The molecule has 0 amide bonds. The van der Waals surface area contributed by atoms with E-state index in [0.717, 1.165) is 0 Å². The largest absolute Gasteiger partial charge is 0.495 e. The van der Waals surface area contributed by atoms with Gasteiger partial charge in [-0.2, -0.15) is 0 Å². The first-order chi connectivity index (χ1) is 7.74. The predicted molar refractivity (Wildman–Crippen MR) is 67.6 cm³/mol. The third kappa shape index (κ3) is 3.53. The van der Waals surface area contributed by atoms with E-state index >= 15 is 0 Å². The molecule has 0 heterocycles. The molecule has 1 aromatic carbocycles. The molecule has 0 aliphatic heterocycles. The molecular weight excluding hydrogens is 242 g/mol. The highest BCUT2D eigenvalue weighted by atomic mass is 35.5. The third-order valence-corrected chi connectivity index (χ3v) is 2.33. The fourth-order valence-electron chi connectivity index (χ4n) is 1.22. The van der Waals surface area contributed by atoms with Crippen LogP contribution in [0, 0.1) is 0 Å². The molecule has 4 nitrogen and oxygen atoms in total. The van der Waals surface area contributed by atoms with Gasteiger partial charge in [-0.15, -0.1) is 0 Å². The van der Waals surface area contributed by atoms with Gasteiger partial charge in [-0.3, -0.25) is 0 Å². The van der Waals surface area contributed by atoms with E-state index in [2.05, 4.69) is 0 Å². The lowest BCUT2D eigenvalue weighted by Crippen LogP contribution is -2.24. The number of anilines is 1. The van der Waals surface area contributed by atoms with Gasteiger partial charge in [0.2, 0.25) is 0 Å². The van der Waals surface area contributed by atoms with Gasteiger partial charge < -0.3 is 15.2 Å². The van der Waals surface area contributed by atoms with E-state index in [1.54, 1.807) is 20.8 Å². The van der Waals surface area contributed by atoms with Gasteiger partial charge in [-0.05, 0) is 32.9 Å². The summed E-state index contributed by atoms with van der Waals surface area (Å²) < 4.78 is 10.3. The molecule has 0 bridgehead atoms. The third-order valence-electron chi connectivity index (χ3n) is 1.92. The highest BCUT2D eigenvalue weighted by Gasteiger charge is 2.20. The van der Waals surface area contributed by atoms with E-state index in [1.807, 2.05) is 0 Å². The van der Waals surface area contributed by atoms with Crippen LogP contribution < -0.4 is 10.5 Å². The van der Waals surface area contributed by atoms with Crippen molar-refractivity contribution in [3.63, 3.8) is 0 Å². The number of methoxy groups -OCH3 is 1. The Kier molecular flexibility index (Phi) is 3.88. The number of carbonyl (C=O) groups excluding carboxylic acids is 1. The van der Waals surface area contributed by atoms with Crippen LogP contribution in [0.15, 0.2) is 12.1 Å². The normalized spacial score (nSPS) is 11.1. The number of ether oxygens (including phenoxy) is 2. The van der Waals surface area contributed by atoms with Crippen molar-refractivity contribution < 1.29 is 14.3 Å². The van der Waals surface area contributed by atoms with Crippen LogP contribution in [0.2, 0.25) is 5.02 Å². The maximum absolute atomic E-state index is 11.8. The smallest absolute Gasteiger partial charge is 0.338 e. The summed E-state index contributed by atoms with van der Waals surface area (Å²) in [4.78, 5) is 11.8. The minimum Gasteiger partial charge on any atom is -0.495 e. The topological polar surface area (TPSA) is 61.5 Å². The van der Waals surface area contributed by atoms with Crippen molar-refractivity contribution in [1.29, 1.82) is 0 Å². The summed E-state index contributed by atoms with van der Waals surface area (Å²) in [5.41, 5.74) is 5.72. The summed E-state index contributed by atoms with van der Waals surface area (Å²) in [7, 11) is 1.46. The van der Waals surface area contributed by atoms with Crippen molar-refractivity contribution in [2.45, 2.75) is 26.4 Å². The average Bonchev–Trinajstić information content (AvgIpc) is 2.19. The van der Waals surface area contributed by atoms with Crippen LogP contribution in [0.3, 0.4) is 0 Å². The highest BCUT2D eigenvalue weighted by molar-refractivity contribution is 6.34. The minimum atomic E-state index is -0.557. The Hall–Kier alpha value is -1.42. The summed E-state index contributed by atoms with van der Waals surface area (Å²) in [6, 6.07) is 2.98. The summed E-state index contributed by atoms with van der Waals surface area (Å²) >= 11 is 5.90. The van der Waals surface area contributed by atoms with Gasteiger partial charge in [0, 0.05) is 0 Å². The fraction of sp³-hybridized carbons (Fsp3) is 0.417. The van der Waals surface area contributed by atoms with E-state index in [1.165, 1.54) is 19.2 Å². The second kappa shape index (κ2) is 4.84. The maximum Gasteiger partial charge on any atom is 0.338 e. The molecule has 94 valence electrons. The maximum atomic E-state index is 11.8. The summed E-state index contributed by atoms with van der Waals surface area (Å²) in [6.45, 7) is 5.38. The zero-order valence-corrected chi connectivity index (χ0v) is 11.1. The van der Waals surface area contributed by atoms with E-state index in [4.69, 9.17) is 26.8 Å². The van der Waals surface area contributed by atoms with Gasteiger partial charge in [0.05, 0.1) is 18.4 Å². The number of hydrogen-bond acceptors (Lipinski definition) is 4. The number of esters is 1. The molecule has 0 aromatic heterocycles. The van der Waals surface area contributed by atoms with Crippen LogP contribution in [-0.2, 0) is 4.74 Å². The van der Waals surface area contributed by atoms with Gasteiger partial charge in [0.25, 0.3) is 0 Å². The lowest BCUT2D eigenvalue weighted by Gasteiger charge is -2.20. The van der Waals surface area contributed by atoms with Crippen LogP contribution in [-0.4, -0.2) is 18.7 Å². The number of nitrogens with two attached hydrogens (primary N) is 1. The Bertz CT molecular complexity index is 438. The van der Waals surface area contributed by atoms with Crippen molar-refractivity contribution in [3.8, 4) is 5.75 Å². The molecule has 17 heavy (non-hydrogen) atoms. The second-order valence-electron chi connectivity index (χ2n) is 4.58. The molecule has 0 saturated carbocycles. The predicted octanol–water partition coefficient (Wildman–Crippen LogP) is 2.89. The Labute approximate surface area is 106 Å². The molecule has 2 N–H and O–H groups in total. The number of benzene rings is 1. The summed E-state index contributed by atoms with van der Waals surface area (Å²) in [6.07, 6.45) is 0. The molecular formula is C12H16ClNO3. The molecule has 0 atom stereocenters. The van der Waals surface area contributed by atoms with Crippen molar-refractivity contribution in [1.82, 2.24) is 0 Å². The van der Waals surface area contributed by atoms with Gasteiger partial charge in [-0.25, -0.2) is 4.79 Å². The Morgan fingerprint density at radius 3 is 2.41 bits per heavy atom. The lowest BCUT2D eigenvalue weighted by molar-refractivity contribution is 0.00693. The highest BCUT2D eigenvalue weighted by Crippen LogP contribution is 2.32. The zero-order valence-electron chi connectivity index (χ0n) is 10.3. The SMILES string of the molecule is COc1cc(C(=O)OC(C)(C)C)cc(N)c1Cl. The Morgan fingerprint density at radius 1 is 1.35 bits per heavy atom. The van der Waals surface area contributed by atoms with Crippen molar-refractivity contribution in [3.05, 3.63) is 22.7 Å². The van der Waals surface area contributed by atoms with E-state index in [-0.39, 0.29) is 5.69 Å². The zero-order chi connectivity index (χ0) is 13.2. The summed E-state index contributed by atoms with van der Waals surface area (Å²) in [5.74, 6) is -0.105. The monoisotopic (exact) mass is 257 g/mol. The Morgan fingerprint density at radius 2 is 1.94 bits per heavy atom. The first-order valence-electron chi connectivity index (χ1n) is 5.11. The van der Waals surface area contributed by atoms with Gasteiger partial charge in [0.1, 0.15) is 16.4 Å². The molecule has 0 aliphatic rings. The van der Waals surface area contributed by atoms with E-state index in [9.17, 15) is 4.79 Å². The first-order valence-corrected chi connectivity index (χ1v) is 5.49. The van der Waals surface area contributed by atoms with Crippen molar-refractivity contribution in [2.75, 3.05) is 12.8 Å². The van der Waals surface area contributed by atoms with Crippen molar-refractivity contribution in [2.24, 2.45) is 0 Å². The quantitative estimate of drug-likeness (QED) is 0.654. The van der Waals surface area contributed by atoms with Crippen LogP contribution in [0.4, 0.5) is 5.69 Å². The van der Waals surface area contributed by atoms with E-state index < -0.39 is 11.6 Å². The first kappa shape index (κ1) is 13.6. The van der Waals surface area contributed by atoms with Crippen molar-refractivity contribution >= 4 is 23.3 Å². The van der Waals surface area contributed by atoms with Crippen LogP contribution >= 0.6 is 11.6 Å².